The molecule has 1 aliphatic rings. The monoisotopic (exact) mass is 263 g/mol. The van der Waals surface area contributed by atoms with Crippen LogP contribution in [0.3, 0.4) is 0 Å². The molecular formula is C16H25NO2. The maximum Gasteiger partial charge on any atom is 0.119 e. The van der Waals surface area contributed by atoms with Gasteiger partial charge < -0.3 is 14.8 Å². The second-order valence-electron chi connectivity index (χ2n) is 5.46. The molecule has 1 aliphatic heterocycles. The van der Waals surface area contributed by atoms with Crippen molar-refractivity contribution in [3.05, 3.63) is 29.8 Å². The van der Waals surface area contributed by atoms with Crippen LogP contribution in [0.25, 0.3) is 0 Å². The summed E-state index contributed by atoms with van der Waals surface area (Å²) in [7, 11) is 0. The molecule has 1 saturated heterocycles. The fourth-order valence-corrected chi connectivity index (χ4v) is 2.31. The van der Waals surface area contributed by atoms with Gasteiger partial charge >= 0.3 is 0 Å². The van der Waals surface area contributed by atoms with Gasteiger partial charge in [-0.1, -0.05) is 26.0 Å². The Hall–Kier alpha value is -1.06. The summed E-state index contributed by atoms with van der Waals surface area (Å²) in [5.41, 5.74) is 1.13. The van der Waals surface area contributed by atoms with Crippen molar-refractivity contribution in [3.63, 3.8) is 0 Å². The summed E-state index contributed by atoms with van der Waals surface area (Å²) < 4.78 is 11.9. The number of nitrogens with one attached hydrogen (secondary N) is 1. The highest BCUT2D eigenvalue weighted by atomic mass is 16.5. The van der Waals surface area contributed by atoms with Gasteiger partial charge in [0.05, 0.1) is 18.3 Å². The van der Waals surface area contributed by atoms with Gasteiger partial charge in [0, 0.05) is 13.1 Å². The Bertz CT molecular complexity index is 407. The first-order chi connectivity index (χ1) is 9.17. The van der Waals surface area contributed by atoms with Crippen molar-refractivity contribution < 1.29 is 9.47 Å². The van der Waals surface area contributed by atoms with E-state index in [1.54, 1.807) is 0 Å². The second kappa shape index (κ2) is 6.40. The molecule has 0 amide bonds. The Kier molecular flexibility index (Phi) is 4.83. The summed E-state index contributed by atoms with van der Waals surface area (Å²) in [4.78, 5) is 0. The van der Waals surface area contributed by atoms with Gasteiger partial charge in [-0.2, -0.15) is 0 Å². The highest BCUT2D eigenvalue weighted by molar-refractivity contribution is 5.30. The van der Waals surface area contributed by atoms with Crippen molar-refractivity contribution in [2.24, 2.45) is 0 Å². The van der Waals surface area contributed by atoms with Crippen LogP contribution in [-0.2, 0) is 4.74 Å². The van der Waals surface area contributed by atoms with Gasteiger partial charge in [-0.15, -0.1) is 0 Å². The van der Waals surface area contributed by atoms with E-state index in [-0.39, 0.29) is 11.7 Å². The van der Waals surface area contributed by atoms with Crippen LogP contribution in [0.2, 0.25) is 0 Å². The Morgan fingerprint density at radius 3 is 3.00 bits per heavy atom. The predicted molar refractivity (Wildman–Crippen MR) is 77.6 cm³/mol. The first-order valence-corrected chi connectivity index (χ1v) is 7.28. The Morgan fingerprint density at radius 1 is 1.42 bits per heavy atom. The van der Waals surface area contributed by atoms with Gasteiger partial charge in [0.2, 0.25) is 0 Å². The van der Waals surface area contributed by atoms with E-state index in [9.17, 15) is 0 Å². The maximum absolute atomic E-state index is 6.25. The molecule has 3 heteroatoms. The lowest BCUT2D eigenvalue weighted by molar-refractivity contribution is -0.109. The molecule has 1 aromatic carbocycles. The van der Waals surface area contributed by atoms with Crippen molar-refractivity contribution in [3.8, 4) is 5.75 Å². The first-order valence-electron chi connectivity index (χ1n) is 7.28. The van der Waals surface area contributed by atoms with Crippen LogP contribution in [0.15, 0.2) is 24.3 Å². The number of rotatable bonds is 5. The van der Waals surface area contributed by atoms with Crippen molar-refractivity contribution in [1.29, 1.82) is 0 Å². The summed E-state index contributed by atoms with van der Waals surface area (Å²) >= 11 is 0. The van der Waals surface area contributed by atoms with E-state index in [0.29, 0.717) is 0 Å². The largest absolute Gasteiger partial charge is 0.494 e. The van der Waals surface area contributed by atoms with Crippen LogP contribution in [0.1, 0.15) is 45.3 Å². The molecule has 1 heterocycles. The average Bonchev–Trinajstić information content (AvgIpc) is 2.45. The molecule has 2 rings (SSSR count). The number of benzene rings is 1. The molecule has 0 aliphatic carbocycles. The lowest BCUT2D eigenvalue weighted by atomic mass is 9.98. The van der Waals surface area contributed by atoms with E-state index < -0.39 is 0 Å². The average molecular weight is 263 g/mol. The Labute approximate surface area is 116 Å². The minimum Gasteiger partial charge on any atom is -0.494 e. The molecule has 1 fully saturated rings. The van der Waals surface area contributed by atoms with Crippen molar-refractivity contribution in [1.82, 2.24) is 5.32 Å². The number of morpholine rings is 1. The lowest BCUT2D eigenvalue weighted by Crippen LogP contribution is -2.48. The minimum atomic E-state index is -0.0663. The first kappa shape index (κ1) is 14.4. The standard InChI is InChI=1S/C16H25NO2/c1-4-9-18-14-8-6-7-13(10-14)15-11-17-12-16(3,5-2)19-15/h6-8,10,15,17H,4-5,9,11-12H2,1-3H3. The van der Waals surface area contributed by atoms with Crippen LogP contribution in [0.4, 0.5) is 0 Å². The van der Waals surface area contributed by atoms with E-state index >= 15 is 0 Å². The van der Waals surface area contributed by atoms with Crippen molar-refractivity contribution in [2.45, 2.75) is 45.3 Å². The molecule has 0 spiro atoms. The summed E-state index contributed by atoms with van der Waals surface area (Å²) in [5, 5.41) is 3.47. The SMILES string of the molecule is CCCOc1cccc(C2CNCC(C)(CC)O2)c1. The highest BCUT2D eigenvalue weighted by Crippen LogP contribution is 2.30. The van der Waals surface area contributed by atoms with Gasteiger partial charge in [0.25, 0.3) is 0 Å². The molecule has 1 aromatic rings. The highest BCUT2D eigenvalue weighted by Gasteiger charge is 2.31. The van der Waals surface area contributed by atoms with Crippen LogP contribution < -0.4 is 10.1 Å². The predicted octanol–water partition coefficient (Wildman–Crippen LogP) is 3.31. The van der Waals surface area contributed by atoms with Crippen molar-refractivity contribution in [2.75, 3.05) is 19.7 Å². The topological polar surface area (TPSA) is 30.5 Å². The number of ether oxygens (including phenoxy) is 2. The molecule has 0 saturated carbocycles. The normalized spacial score (nSPS) is 27.2. The Morgan fingerprint density at radius 2 is 2.26 bits per heavy atom. The maximum atomic E-state index is 6.25. The van der Waals surface area contributed by atoms with Gasteiger partial charge in [0.1, 0.15) is 5.75 Å². The number of hydrogen-bond donors (Lipinski definition) is 1. The van der Waals surface area contributed by atoms with Crippen LogP contribution in [0, 0.1) is 0 Å². The smallest absolute Gasteiger partial charge is 0.119 e. The van der Waals surface area contributed by atoms with Crippen LogP contribution in [-0.4, -0.2) is 25.3 Å². The van der Waals surface area contributed by atoms with Crippen molar-refractivity contribution >= 4 is 0 Å². The zero-order valence-electron chi connectivity index (χ0n) is 12.2. The van der Waals surface area contributed by atoms with Gasteiger partial charge in [-0.25, -0.2) is 0 Å². The second-order valence-corrected chi connectivity index (χ2v) is 5.46. The molecule has 1 N–H and O–H groups in total. The summed E-state index contributed by atoms with van der Waals surface area (Å²) in [6, 6.07) is 8.27. The summed E-state index contributed by atoms with van der Waals surface area (Å²) in [6.45, 7) is 9.01. The quantitative estimate of drug-likeness (QED) is 0.884. The number of hydrogen-bond acceptors (Lipinski definition) is 3. The van der Waals surface area contributed by atoms with E-state index in [0.717, 1.165) is 38.3 Å². The van der Waals surface area contributed by atoms with E-state index in [4.69, 9.17) is 9.47 Å². The fraction of sp³-hybridized carbons (Fsp3) is 0.625. The van der Waals surface area contributed by atoms with E-state index in [1.165, 1.54) is 5.56 Å². The van der Waals surface area contributed by atoms with E-state index in [1.807, 2.05) is 12.1 Å². The van der Waals surface area contributed by atoms with E-state index in [2.05, 4.69) is 38.2 Å². The van der Waals surface area contributed by atoms with Gasteiger partial charge in [-0.3, -0.25) is 0 Å². The third-order valence-electron chi connectivity index (χ3n) is 3.71. The Balaban J connectivity index is 2.08. The summed E-state index contributed by atoms with van der Waals surface area (Å²) in [5.74, 6) is 0.937. The molecule has 2 unspecified atom stereocenters. The third-order valence-corrected chi connectivity index (χ3v) is 3.71. The molecule has 3 nitrogen and oxygen atoms in total. The molecule has 0 radical (unpaired) electrons. The molecule has 0 bridgehead atoms. The zero-order valence-corrected chi connectivity index (χ0v) is 12.2. The lowest BCUT2D eigenvalue weighted by Gasteiger charge is -2.39. The molecular weight excluding hydrogens is 238 g/mol. The molecule has 2 atom stereocenters. The summed E-state index contributed by atoms with van der Waals surface area (Å²) in [6.07, 6.45) is 2.16. The fourth-order valence-electron chi connectivity index (χ4n) is 2.31. The minimum absolute atomic E-state index is 0.0663. The van der Waals surface area contributed by atoms with Crippen LogP contribution in [0.5, 0.6) is 5.75 Å². The van der Waals surface area contributed by atoms with Crippen LogP contribution >= 0.6 is 0 Å². The molecule has 106 valence electrons. The molecule has 0 aromatic heterocycles. The van der Waals surface area contributed by atoms with Gasteiger partial charge in [-0.05, 0) is 37.5 Å². The zero-order chi connectivity index (χ0) is 13.7. The molecule has 19 heavy (non-hydrogen) atoms. The third kappa shape index (κ3) is 3.71. The van der Waals surface area contributed by atoms with Gasteiger partial charge in [0.15, 0.2) is 0 Å².